The zero-order valence-corrected chi connectivity index (χ0v) is 13.7. The van der Waals surface area contributed by atoms with Crippen LogP contribution in [0.1, 0.15) is 23.6 Å². The average molecular weight is 311 g/mol. The van der Waals surface area contributed by atoms with Crippen molar-refractivity contribution in [1.82, 2.24) is 10.3 Å². The predicted molar refractivity (Wildman–Crippen MR) is 90.0 cm³/mol. The summed E-state index contributed by atoms with van der Waals surface area (Å²) in [6, 6.07) is 9.42. The largest absolute Gasteiger partial charge is 0.350 e. The highest BCUT2D eigenvalue weighted by atomic mass is 16.2. The number of carbonyl (C=O) groups excluding carboxylic acids is 2. The van der Waals surface area contributed by atoms with Gasteiger partial charge in [-0.15, -0.1) is 0 Å². The van der Waals surface area contributed by atoms with E-state index in [9.17, 15) is 9.59 Å². The van der Waals surface area contributed by atoms with Crippen molar-refractivity contribution in [3.63, 3.8) is 0 Å². The van der Waals surface area contributed by atoms with E-state index < -0.39 is 0 Å². The molecule has 1 heterocycles. The van der Waals surface area contributed by atoms with Gasteiger partial charge in [-0.25, -0.2) is 0 Å². The van der Waals surface area contributed by atoms with Crippen molar-refractivity contribution in [1.29, 1.82) is 0 Å². The summed E-state index contributed by atoms with van der Waals surface area (Å²) in [6.45, 7) is 5.83. The summed E-state index contributed by atoms with van der Waals surface area (Å²) >= 11 is 0. The van der Waals surface area contributed by atoms with Crippen molar-refractivity contribution in [2.45, 2.75) is 27.3 Å². The van der Waals surface area contributed by atoms with E-state index in [-0.39, 0.29) is 18.4 Å². The lowest BCUT2D eigenvalue weighted by molar-refractivity contribution is -0.123. The van der Waals surface area contributed by atoms with E-state index >= 15 is 0 Å². The van der Waals surface area contributed by atoms with E-state index in [2.05, 4.69) is 10.3 Å². The van der Waals surface area contributed by atoms with Crippen LogP contribution >= 0.6 is 0 Å². The molecule has 5 nitrogen and oxygen atoms in total. The molecule has 0 bridgehead atoms. The summed E-state index contributed by atoms with van der Waals surface area (Å²) in [6.07, 6.45) is 3.36. The van der Waals surface area contributed by atoms with Crippen LogP contribution in [-0.2, 0) is 16.1 Å². The second-order valence-electron chi connectivity index (χ2n) is 5.46. The molecule has 0 fully saturated rings. The molecule has 0 aliphatic carbocycles. The predicted octanol–water partition coefficient (Wildman–Crippen LogP) is 2.37. The lowest BCUT2D eigenvalue weighted by Gasteiger charge is -2.23. The van der Waals surface area contributed by atoms with Gasteiger partial charge in [0.2, 0.25) is 11.8 Å². The maximum absolute atomic E-state index is 12.2. The maximum atomic E-state index is 12.2. The Morgan fingerprint density at radius 3 is 2.48 bits per heavy atom. The SMILES string of the molecule is CC(=O)N(CC(=O)NCc1ccncc1)c1cccc(C)c1C. The van der Waals surface area contributed by atoms with Crippen LogP contribution in [0.5, 0.6) is 0 Å². The molecule has 0 saturated carbocycles. The second-order valence-corrected chi connectivity index (χ2v) is 5.46. The number of rotatable bonds is 5. The van der Waals surface area contributed by atoms with Crippen LogP contribution in [0.25, 0.3) is 0 Å². The standard InChI is InChI=1S/C18H21N3O2/c1-13-5-4-6-17(14(13)2)21(15(3)22)12-18(23)20-11-16-7-9-19-10-8-16/h4-10H,11-12H2,1-3H3,(H,20,23). The van der Waals surface area contributed by atoms with Crippen molar-refractivity contribution < 1.29 is 9.59 Å². The number of anilines is 1. The number of hydrogen-bond acceptors (Lipinski definition) is 3. The lowest BCUT2D eigenvalue weighted by atomic mass is 10.1. The van der Waals surface area contributed by atoms with Crippen molar-refractivity contribution in [3.05, 3.63) is 59.4 Å². The Morgan fingerprint density at radius 2 is 1.83 bits per heavy atom. The number of nitrogens with one attached hydrogen (secondary N) is 1. The molecule has 1 aromatic heterocycles. The van der Waals surface area contributed by atoms with Gasteiger partial charge in [-0.1, -0.05) is 12.1 Å². The van der Waals surface area contributed by atoms with Gasteiger partial charge in [0.15, 0.2) is 0 Å². The van der Waals surface area contributed by atoms with Gasteiger partial charge in [0.25, 0.3) is 0 Å². The number of aromatic nitrogens is 1. The van der Waals surface area contributed by atoms with Gasteiger partial charge < -0.3 is 10.2 Å². The molecular weight excluding hydrogens is 290 g/mol. The molecular formula is C18H21N3O2. The summed E-state index contributed by atoms with van der Waals surface area (Å²) in [5.74, 6) is -0.351. The maximum Gasteiger partial charge on any atom is 0.240 e. The monoisotopic (exact) mass is 311 g/mol. The Balaban J connectivity index is 2.06. The van der Waals surface area contributed by atoms with Crippen molar-refractivity contribution in [2.24, 2.45) is 0 Å². The molecule has 5 heteroatoms. The van der Waals surface area contributed by atoms with Gasteiger partial charge in [-0.3, -0.25) is 14.6 Å². The van der Waals surface area contributed by atoms with E-state index in [1.165, 1.54) is 11.8 Å². The fourth-order valence-corrected chi connectivity index (χ4v) is 2.29. The molecule has 2 aromatic rings. The molecule has 0 aliphatic heterocycles. The minimum absolute atomic E-state index is 0.00467. The minimum Gasteiger partial charge on any atom is -0.350 e. The summed E-state index contributed by atoms with van der Waals surface area (Å²) in [7, 11) is 0. The molecule has 2 amide bonds. The van der Waals surface area contributed by atoms with Crippen LogP contribution in [0.4, 0.5) is 5.69 Å². The molecule has 2 rings (SSSR count). The summed E-state index contributed by atoms with van der Waals surface area (Å²) in [4.78, 5) is 29.6. The van der Waals surface area contributed by atoms with E-state index in [1.807, 2.05) is 44.2 Å². The van der Waals surface area contributed by atoms with Gasteiger partial charge in [-0.2, -0.15) is 0 Å². The third-order valence-electron chi connectivity index (χ3n) is 3.79. The van der Waals surface area contributed by atoms with Crippen LogP contribution in [-0.4, -0.2) is 23.3 Å². The Labute approximate surface area is 136 Å². The molecule has 120 valence electrons. The van der Waals surface area contributed by atoms with Gasteiger partial charge in [-0.05, 0) is 48.7 Å². The van der Waals surface area contributed by atoms with Crippen molar-refractivity contribution in [2.75, 3.05) is 11.4 Å². The molecule has 23 heavy (non-hydrogen) atoms. The van der Waals surface area contributed by atoms with E-state index in [4.69, 9.17) is 0 Å². The number of amides is 2. The number of aryl methyl sites for hydroxylation is 1. The molecule has 0 saturated heterocycles. The number of carbonyl (C=O) groups is 2. The first kappa shape index (κ1) is 16.7. The van der Waals surface area contributed by atoms with E-state index in [0.717, 1.165) is 22.4 Å². The number of hydrogen-bond donors (Lipinski definition) is 1. The van der Waals surface area contributed by atoms with Gasteiger partial charge in [0, 0.05) is 31.5 Å². The Bertz CT molecular complexity index is 699. The van der Waals surface area contributed by atoms with Crippen molar-refractivity contribution in [3.8, 4) is 0 Å². The van der Waals surface area contributed by atoms with Gasteiger partial charge in [0.1, 0.15) is 6.54 Å². The highest BCUT2D eigenvalue weighted by Gasteiger charge is 2.17. The molecule has 0 radical (unpaired) electrons. The van der Waals surface area contributed by atoms with Crippen LogP contribution in [0, 0.1) is 13.8 Å². The quantitative estimate of drug-likeness (QED) is 0.922. The lowest BCUT2D eigenvalue weighted by Crippen LogP contribution is -2.40. The third-order valence-corrected chi connectivity index (χ3v) is 3.79. The normalized spacial score (nSPS) is 10.2. The molecule has 1 N–H and O–H groups in total. The topological polar surface area (TPSA) is 62.3 Å². The van der Waals surface area contributed by atoms with Gasteiger partial charge >= 0.3 is 0 Å². The molecule has 0 atom stereocenters. The zero-order valence-electron chi connectivity index (χ0n) is 13.7. The zero-order chi connectivity index (χ0) is 16.8. The van der Waals surface area contributed by atoms with Gasteiger partial charge in [0.05, 0.1) is 0 Å². The van der Waals surface area contributed by atoms with Crippen LogP contribution < -0.4 is 10.2 Å². The van der Waals surface area contributed by atoms with Crippen LogP contribution in [0.3, 0.4) is 0 Å². The Kier molecular flexibility index (Phi) is 5.46. The van der Waals surface area contributed by atoms with Crippen LogP contribution in [0.2, 0.25) is 0 Å². The first-order chi connectivity index (χ1) is 11.0. The highest BCUT2D eigenvalue weighted by molar-refractivity contribution is 5.98. The molecule has 0 spiro atoms. The smallest absolute Gasteiger partial charge is 0.240 e. The first-order valence-electron chi connectivity index (χ1n) is 7.49. The van der Waals surface area contributed by atoms with Crippen molar-refractivity contribution >= 4 is 17.5 Å². The fourth-order valence-electron chi connectivity index (χ4n) is 2.29. The van der Waals surface area contributed by atoms with Crippen LogP contribution in [0.15, 0.2) is 42.7 Å². The molecule has 1 aromatic carbocycles. The Hall–Kier alpha value is -2.69. The second kappa shape index (κ2) is 7.54. The Morgan fingerprint density at radius 1 is 1.13 bits per heavy atom. The third kappa shape index (κ3) is 4.39. The van der Waals surface area contributed by atoms with E-state index in [0.29, 0.717) is 6.54 Å². The number of nitrogens with zero attached hydrogens (tertiary/aromatic N) is 2. The number of benzene rings is 1. The van der Waals surface area contributed by atoms with E-state index in [1.54, 1.807) is 12.4 Å². The minimum atomic E-state index is -0.196. The summed E-state index contributed by atoms with van der Waals surface area (Å²) in [5.41, 5.74) is 3.83. The summed E-state index contributed by atoms with van der Waals surface area (Å²) < 4.78 is 0. The number of pyridine rings is 1. The fraction of sp³-hybridized carbons (Fsp3) is 0.278. The summed E-state index contributed by atoms with van der Waals surface area (Å²) in [5, 5.41) is 2.83. The first-order valence-corrected chi connectivity index (χ1v) is 7.49. The molecule has 0 unspecified atom stereocenters. The molecule has 0 aliphatic rings. The highest BCUT2D eigenvalue weighted by Crippen LogP contribution is 2.22. The average Bonchev–Trinajstić information content (AvgIpc) is 2.54.